The predicted molar refractivity (Wildman–Crippen MR) is 93.1 cm³/mol. The second-order valence-corrected chi connectivity index (χ2v) is 7.48. The molecule has 4 rings (SSSR count). The summed E-state index contributed by atoms with van der Waals surface area (Å²) in [6, 6.07) is 12.7. The lowest BCUT2D eigenvalue weighted by atomic mass is 9.77. The van der Waals surface area contributed by atoms with Crippen molar-refractivity contribution in [3.05, 3.63) is 52.2 Å². The van der Waals surface area contributed by atoms with Gasteiger partial charge in [-0.2, -0.15) is 0 Å². The molecular formula is C19H21NO2S. The average Bonchev–Trinajstić information content (AvgIpc) is 3.22. The highest BCUT2D eigenvalue weighted by Gasteiger charge is 2.47. The van der Waals surface area contributed by atoms with E-state index in [0.29, 0.717) is 13.2 Å². The molecule has 2 aromatic rings. The maximum Gasteiger partial charge on any atom is 0.238 e. The van der Waals surface area contributed by atoms with Crippen LogP contribution in [0.3, 0.4) is 0 Å². The third kappa shape index (κ3) is 2.32. The number of amides is 1. The van der Waals surface area contributed by atoms with E-state index in [1.807, 2.05) is 17.0 Å². The van der Waals surface area contributed by atoms with Gasteiger partial charge in [-0.15, -0.1) is 11.3 Å². The molecule has 0 bridgehead atoms. The Morgan fingerprint density at radius 1 is 1.22 bits per heavy atom. The summed E-state index contributed by atoms with van der Waals surface area (Å²) in [6.45, 7) is 3.47. The first-order valence-corrected chi connectivity index (χ1v) is 9.14. The summed E-state index contributed by atoms with van der Waals surface area (Å²) >= 11 is 1.69. The summed E-state index contributed by atoms with van der Waals surface area (Å²) in [5, 5.41) is 2.07. The zero-order chi connectivity index (χ0) is 15.9. The number of ether oxygens (including phenoxy) is 1. The molecule has 2 aliphatic heterocycles. The first-order chi connectivity index (χ1) is 11.2. The third-order valence-electron chi connectivity index (χ3n) is 5.17. The van der Waals surface area contributed by atoms with Crippen LogP contribution in [0.4, 0.5) is 5.69 Å². The standard InChI is InChI=1S/C19H21NO2S/c1-14-13-15-5-2-3-6-16(15)20(14)18(21)19(8-10-22-11-9-19)17-7-4-12-23-17/h2-7,12,14H,8-11,13H2,1H3. The molecule has 4 heteroatoms. The first-order valence-electron chi connectivity index (χ1n) is 8.26. The molecule has 120 valence electrons. The van der Waals surface area contributed by atoms with E-state index in [-0.39, 0.29) is 11.9 Å². The molecule has 0 spiro atoms. The number of para-hydroxylation sites is 1. The SMILES string of the molecule is CC1Cc2ccccc2N1C(=O)C1(c2cccs2)CCOCC1. The number of hydrogen-bond acceptors (Lipinski definition) is 3. The van der Waals surface area contributed by atoms with Crippen molar-refractivity contribution in [2.24, 2.45) is 0 Å². The molecule has 1 aromatic heterocycles. The number of thiophene rings is 1. The van der Waals surface area contributed by atoms with Crippen molar-refractivity contribution < 1.29 is 9.53 Å². The maximum absolute atomic E-state index is 13.7. The highest BCUT2D eigenvalue weighted by Crippen LogP contribution is 2.43. The lowest BCUT2D eigenvalue weighted by molar-refractivity contribution is -0.127. The quantitative estimate of drug-likeness (QED) is 0.840. The molecule has 0 saturated carbocycles. The van der Waals surface area contributed by atoms with Gasteiger partial charge in [0.25, 0.3) is 0 Å². The number of anilines is 1. The summed E-state index contributed by atoms with van der Waals surface area (Å²) in [5.41, 5.74) is 1.95. The van der Waals surface area contributed by atoms with Crippen LogP contribution in [-0.4, -0.2) is 25.2 Å². The Bertz CT molecular complexity index is 704. The number of carbonyl (C=O) groups is 1. The molecule has 3 heterocycles. The largest absolute Gasteiger partial charge is 0.381 e. The topological polar surface area (TPSA) is 29.5 Å². The Morgan fingerprint density at radius 2 is 2.00 bits per heavy atom. The van der Waals surface area contributed by atoms with Gasteiger partial charge in [0.15, 0.2) is 0 Å². The van der Waals surface area contributed by atoms with Crippen LogP contribution in [0.2, 0.25) is 0 Å². The minimum absolute atomic E-state index is 0.222. The van der Waals surface area contributed by atoms with Crippen molar-refractivity contribution >= 4 is 22.9 Å². The summed E-state index contributed by atoms with van der Waals surface area (Å²) in [6.07, 6.45) is 2.49. The van der Waals surface area contributed by atoms with Gasteiger partial charge < -0.3 is 9.64 Å². The van der Waals surface area contributed by atoms with Crippen LogP contribution in [0, 0.1) is 0 Å². The van der Waals surface area contributed by atoms with Gasteiger partial charge in [-0.25, -0.2) is 0 Å². The summed E-state index contributed by atoms with van der Waals surface area (Å²) in [4.78, 5) is 16.9. The smallest absolute Gasteiger partial charge is 0.238 e. The first kappa shape index (κ1) is 14.9. The van der Waals surface area contributed by atoms with Crippen LogP contribution >= 0.6 is 11.3 Å². The van der Waals surface area contributed by atoms with Crippen LogP contribution in [0.1, 0.15) is 30.2 Å². The van der Waals surface area contributed by atoms with Gasteiger partial charge in [0.2, 0.25) is 5.91 Å². The monoisotopic (exact) mass is 327 g/mol. The van der Waals surface area contributed by atoms with Crippen molar-refractivity contribution in [1.82, 2.24) is 0 Å². The van der Waals surface area contributed by atoms with E-state index in [0.717, 1.165) is 24.9 Å². The Balaban J connectivity index is 1.77. The fourth-order valence-corrected chi connectivity index (χ4v) is 4.92. The van der Waals surface area contributed by atoms with Crippen molar-refractivity contribution in [1.29, 1.82) is 0 Å². The van der Waals surface area contributed by atoms with E-state index >= 15 is 0 Å². The van der Waals surface area contributed by atoms with Gasteiger partial charge in [-0.3, -0.25) is 4.79 Å². The lowest BCUT2D eigenvalue weighted by Gasteiger charge is -2.39. The number of rotatable bonds is 2. The molecule has 0 aliphatic carbocycles. The van der Waals surface area contributed by atoms with Crippen LogP contribution < -0.4 is 4.90 Å². The molecule has 1 aromatic carbocycles. The van der Waals surface area contributed by atoms with E-state index in [1.54, 1.807) is 11.3 Å². The zero-order valence-corrected chi connectivity index (χ0v) is 14.1. The van der Waals surface area contributed by atoms with Crippen LogP contribution in [0.5, 0.6) is 0 Å². The summed E-state index contributed by atoms with van der Waals surface area (Å²) < 4.78 is 5.57. The summed E-state index contributed by atoms with van der Waals surface area (Å²) in [7, 11) is 0. The predicted octanol–water partition coefficient (Wildman–Crippen LogP) is 3.77. The fraction of sp³-hybridized carbons (Fsp3) is 0.421. The molecule has 23 heavy (non-hydrogen) atoms. The number of nitrogens with zero attached hydrogens (tertiary/aromatic N) is 1. The van der Waals surface area contributed by atoms with E-state index < -0.39 is 5.41 Å². The molecule has 3 nitrogen and oxygen atoms in total. The highest BCUT2D eigenvalue weighted by molar-refractivity contribution is 7.10. The Kier molecular flexibility index (Phi) is 3.74. The fourth-order valence-electron chi connectivity index (χ4n) is 3.94. The second kappa shape index (κ2) is 5.77. The normalized spacial score (nSPS) is 22.8. The van der Waals surface area contributed by atoms with E-state index in [2.05, 4.69) is 36.6 Å². The van der Waals surface area contributed by atoms with Gasteiger partial charge in [-0.05, 0) is 49.3 Å². The maximum atomic E-state index is 13.7. The van der Waals surface area contributed by atoms with E-state index in [9.17, 15) is 4.79 Å². The lowest BCUT2D eigenvalue weighted by Crippen LogP contribution is -2.51. The van der Waals surface area contributed by atoms with Gasteiger partial charge in [0.1, 0.15) is 0 Å². The van der Waals surface area contributed by atoms with Gasteiger partial charge in [-0.1, -0.05) is 24.3 Å². The highest BCUT2D eigenvalue weighted by atomic mass is 32.1. The van der Waals surface area contributed by atoms with Crippen molar-refractivity contribution in [3.8, 4) is 0 Å². The van der Waals surface area contributed by atoms with Gasteiger partial charge in [0, 0.05) is 29.8 Å². The molecule has 1 amide bonds. The van der Waals surface area contributed by atoms with Crippen molar-refractivity contribution in [2.45, 2.75) is 37.6 Å². The number of carbonyl (C=O) groups excluding carboxylic acids is 1. The van der Waals surface area contributed by atoms with E-state index in [1.165, 1.54) is 10.4 Å². The molecule has 1 unspecified atom stereocenters. The second-order valence-electron chi connectivity index (χ2n) is 6.53. The van der Waals surface area contributed by atoms with Crippen LogP contribution in [-0.2, 0) is 21.4 Å². The molecule has 2 aliphatic rings. The minimum atomic E-state index is -0.419. The van der Waals surface area contributed by atoms with Gasteiger partial charge >= 0.3 is 0 Å². The Labute approximate surface area is 140 Å². The van der Waals surface area contributed by atoms with Gasteiger partial charge in [0.05, 0.1) is 5.41 Å². The number of fused-ring (bicyclic) bond motifs is 1. The molecule has 1 saturated heterocycles. The van der Waals surface area contributed by atoms with E-state index in [4.69, 9.17) is 4.74 Å². The summed E-state index contributed by atoms with van der Waals surface area (Å²) in [5.74, 6) is 0.251. The van der Waals surface area contributed by atoms with Crippen LogP contribution in [0.15, 0.2) is 41.8 Å². The molecule has 1 atom stereocenters. The minimum Gasteiger partial charge on any atom is -0.381 e. The average molecular weight is 327 g/mol. The number of benzene rings is 1. The molecular weight excluding hydrogens is 306 g/mol. The molecule has 1 fully saturated rings. The third-order valence-corrected chi connectivity index (χ3v) is 6.25. The Morgan fingerprint density at radius 3 is 2.74 bits per heavy atom. The van der Waals surface area contributed by atoms with Crippen molar-refractivity contribution in [2.75, 3.05) is 18.1 Å². The molecule has 0 N–H and O–H groups in total. The van der Waals surface area contributed by atoms with Crippen molar-refractivity contribution in [3.63, 3.8) is 0 Å². The van der Waals surface area contributed by atoms with Crippen LogP contribution in [0.25, 0.3) is 0 Å². The number of hydrogen-bond donors (Lipinski definition) is 0. The molecule has 0 radical (unpaired) electrons. The zero-order valence-electron chi connectivity index (χ0n) is 13.3. The Hall–Kier alpha value is -1.65.